The van der Waals surface area contributed by atoms with Gasteiger partial charge in [0.15, 0.2) is 56.7 Å². The number of Topliss-reactive ketones (excluding diaryl/α,β-unsaturated/α-hetero) is 1. The number of nitrogens with zero attached hydrogens (tertiary/aromatic N) is 6. The van der Waals surface area contributed by atoms with E-state index >= 15 is 0 Å². The maximum absolute atomic E-state index is 12.1. The minimum Gasteiger partial charge on any atom is -0.382 e. The maximum Gasteiger partial charge on any atom is 0.302 e. The molecule has 3 amide bonds. The average Bonchev–Trinajstić information content (AvgIpc) is 2.80. The van der Waals surface area contributed by atoms with Gasteiger partial charge in [0.2, 0.25) is 11.9 Å². The first kappa shape index (κ1) is 29.4. The Bertz CT molecular complexity index is 1340. The van der Waals surface area contributed by atoms with Crippen molar-refractivity contribution >= 4 is 81.9 Å². The molecule has 0 spiro atoms. The van der Waals surface area contributed by atoms with Gasteiger partial charge in [-0.25, -0.2) is 19.9 Å². The molecule has 0 radical (unpaired) electrons. The van der Waals surface area contributed by atoms with Crippen molar-refractivity contribution in [2.45, 2.75) is 19.3 Å². The third-order valence-corrected chi connectivity index (χ3v) is 4.76. The van der Waals surface area contributed by atoms with Crippen LogP contribution in [-0.2, 0) is 9.59 Å². The van der Waals surface area contributed by atoms with Gasteiger partial charge in [0, 0.05) is 12.8 Å². The molecule has 2 aromatic rings. The molecule has 0 aliphatic heterocycles. The molecule has 0 aliphatic rings. The molecule has 0 atom stereocenters. The van der Waals surface area contributed by atoms with Crippen molar-refractivity contribution in [3.63, 3.8) is 0 Å². The molecule has 20 heteroatoms. The van der Waals surface area contributed by atoms with E-state index in [-0.39, 0.29) is 70.9 Å². The largest absolute Gasteiger partial charge is 0.382 e. The molecule has 0 unspecified atom stereocenters. The number of amides is 3. The van der Waals surface area contributed by atoms with Crippen molar-refractivity contribution in [1.82, 2.24) is 25.3 Å². The lowest BCUT2D eigenvalue weighted by Gasteiger charge is -2.09. The molecule has 0 aliphatic carbocycles. The minimum absolute atomic E-state index is 0.0198. The molecule has 18 nitrogen and oxygen atoms in total. The summed E-state index contributed by atoms with van der Waals surface area (Å²) in [5.74, 6) is -4.79. The van der Waals surface area contributed by atoms with E-state index in [9.17, 15) is 19.2 Å². The zero-order chi connectivity index (χ0) is 28.6. The molecular weight excluding hydrogens is 547 g/mol. The number of aromatic nitrogens is 4. The molecule has 2 heterocycles. The zero-order valence-electron chi connectivity index (χ0n) is 19.4. The molecule has 0 fully saturated rings. The number of nitrogens with two attached hydrogens (primary N) is 6. The van der Waals surface area contributed by atoms with Crippen LogP contribution in [0.15, 0.2) is 9.98 Å². The van der Waals surface area contributed by atoms with E-state index in [1.807, 2.05) is 0 Å². The van der Waals surface area contributed by atoms with Crippen LogP contribution in [0.2, 0.25) is 10.3 Å². The third-order valence-electron chi connectivity index (χ3n) is 4.22. The van der Waals surface area contributed by atoms with Gasteiger partial charge in [-0.2, -0.15) is 9.98 Å². The maximum atomic E-state index is 12.1. The molecule has 0 aromatic carbocycles. The number of anilines is 4. The van der Waals surface area contributed by atoms with E-state index in [1.165, 1.54) is 0 Å². The van der Waals surface area contributed by atoms with Crippen LogP contribution in [0.4, 0.5) is 23.3 Å². The Morgan fingerprint density at radius 3 is 1.97 bits per heavy atom. The zero-order valence-corrected chi connectivity index (χ0v) is 20.9. The highest BCUT2D eigenvalue weighted by Crippen LogP contribution is 2.21. The molecule has 0 saturated carbocycles. The van der Waals surface area contributed by atoms with Crippen molar-refractivity contribution in [3.8, 4) is 0 Å². The van der Waals surface area contributed by atoms with Gasteiger partial charge in [0.25, 0.3) is 0 Å². The van der Waals surface area contributed by atoms with Gasteiger partial charge in [0.05, 0.1) is 6.54 Å². The predicted octanol–water partition coefficient (Wildman–Crippen LogP) is -1.84. The lowest BCUT2D eigenvalue weighted by atomic mass is 10.1. The van der Waals surface area contributed by atoms with E-state index in [4.69, 9.17) is 57.6 Å². The van der Waals surface area contributed by atoms with E-state index < -0.39 is 35.3 Å². The first-order valence-electron chi connectivity index (χ1n) is 10.3. The van der Waals surface area contributed by atoms with Gasteiger partial charge < -0.3 is 39.7 Å². The smallest absolute Gasteiger partial charge is 0.302 e. The summed E-state index contributed by atoms with van der Waals surface area (Å²) < 4.78 is 0. The Labute approximate surface area is 223 Å². The Kier molecular flexibility index (Phi) is 9.99. The van der Waals surface area contributed by atoms with Gasteiger partial charge in [-0.3, -0.25) is 24.5 Å². The Hall–Kier alpha value is -4.84. The second-order valence-corrected chi connectivity index (χ2v) is 7.88. The average molecular weight is 569 g/mol. The van der Waals surface area contributed by atoms with Crippen molar-refractivity contribution in [1.29, 1.82) is 0 Å². The summed E-state index contributed by atoms with van der Waals surface area (Å²) >= 11 is 11.7. The number of ketones is 1. The van der Waals surface area contributed by atoms with Gasteiger partial charge in [-0.05, 0) is 6.42 Å². The monoisotopic (exact) mass is 568 g/mol. The Morgan fingerprint density at radius 1 is 0.763 bits per heavy atom. The fraction of sp³-hybridized carbons (Fsp3) is 0.222. The lowest BCUT2D eigenvalue weighted by molar-refractivity contribution is -0.120. The summed E-state index contributed by atoms with van der Waals surface area (Å²) in [6.07, 6.45) is -0.0119. The number of halogens is 2. The summed E-state index contributed by atoms with van der Waals surface area (Å²) in [6.45, 7) is -0.235. The van der Waals surface area contributed by atoms with Gasteiger partial charge in [-0.15, -0.1) is 0 Å². The molecule has 0 saturated heterocycles. The van der Waals surface area contributed by atoms with Gasteiger partial charge >= 0.3 is 11.8 Å². The molecule has 2 rings (SSSR count). The molecule has 2 aromatic heterocycles. The second kappa shape index (κ2) is 12.9. The molecule has 202 valence electrons. The van der Waals surface area contributed by atoms with Crippen LogP contribution in [0, 0.1) is 0 Å². The van der Waals surface area contributed by atoms with Crippen LogP contribution in [0.5, 0.6) is 0 Å². The molecule has 0 bridgehead atoms. The first-order valence-corrected chi connectivity index (χ1v) is 11.0. The number of aliphatic imine (C=N–C) groups is 2. The SMILES string of the molecule is NC(N)=NC(=O)c1nc(Cl)c(NCC(=O)CCCC(=O)NC(N)=NC(=O)c2nc(Cl)c(N)nc2N)nc1N. The Morgan fingerprint density at radius 2 is 1.34 bits per heavy atom. The number of carbonyl (C=O) groups is 4. The Balaban J connectivity index is 1.83. The minimum atomic E-state index is -1.01. The number of hydrogen-bond donors (Lipinski definition) is 8. The summed E-state index contributed by atoms with van der Waals surface area (Å²) in [4.78, 5) is 69.9. The van der Waals surface area contributed by atoms with Gasteiger partial charge in [-0.1, -0.05) is 23.2 Å². The van der Waals surface area contributed by atoms with Crippen LogP contribution in [0.25, 0.3) is 0 Å². The van der Waals surface area contributed by atoms with Crippen LogP contribution in [-0.4, -0.2) is 61.9 Å². The standard InChI is InChI=1S/C18H22Cl2N14O4/c19-9-13(23)31-11(21)7(29-9)16(38)34-18(26)28-6(36)3-1-2-5(35)4-27-14-10(20)30-8(12(22)32-14)15(37)33-17(24)25/h1-4H2,(H4,21,23,31)(H3,22,27,32)(H4,24,25,33,37)(H3,26,28,34,36,38). The van der Waals surface area contributed by atoms with Gasteiger partial charge in [0.1, 0.15) is 0 Å². The van der Waals surface area contributed by atoms with Crippen molar-refractivity contribution in [2.24, 2.45) is 27.2 Å². The van der Waals surface area contributed by atoms with Crippen LogP contribution >= 0.6 is 23.2 Å². The molecule has 14 N–H and O–H groups in total. The summed E-state index contributed by atoms with van der Waals surface area (Å²) in [5.41, 5.74) is 31.7. The van der Waals surface area contributed by atoms with E-state index in [1.54, 1.807) is 0 Å². The molecule has 38 heavy (non-hydrogen) atoms. The van der Waals surface area contributed by atoms with Crippen molar-refractivity contribution < 1.29 is 19.2 Å². The van der Waals surface area contributed by atoms with E-state index in [0.29, 0.717) is 0 Å². The number of hydrogen-bond acceptors (Lipinski definition) is 12. The fourth-order valence-corrected chi connectivity index (χ4v) is 2.90. The van der Waals surface area contributed by atoms with Crippen LogP contribution in [0.1, 0.15) is 40.2 Å². The van der Waals surface area contributed by atoms with E-state index in [0.717, 1.165) is 0 Å². The predicted molar refractivity (Wildman–Crippen MR) is 139 cm³/mol. The number of rotatable bonds is 9. The number of guanidine groups is 2. The fourth-order valence-electron chi connectivity index (χ4n) is 2.58. The lowest BCUT2D eigenvalue weighted by Crippen LogP contribution is -2.37. The summed E-state index contributed by atoms with van der Waals surface area (Å²) in [7, 11) is 0. The number of carbonyl (C=O) groups excluding carboxylic acids is 4. The summed E-state index contributed by atoms with van der Waals surface area (Å²) in [5, 5.41) is 4.31. The number of nitrogens with one attached hydrogen (secondary N) is 2. The highest BCUT2D eigenvalue weighted by molar-refractivity contribution is 6.32. The highest BCUT2D eigenvalue weighted by atomic mass is 35.5. The topological polar surface area (TPSA) is 325 Å². The van der Waals surface area contributed by atoms with Crippen LogP contribution in [0.3, 0.4) is 0 Å². The first-order chi connectivity index (χ1) is 17.8. The normalized spacial score (nSPS) is 10.9. The van der Waals surface area contributed by atoms with Crippen molar-refractivity contribution in [3.05, 3.63) is 21.7 Å². The highest BCUT2D eigenvalue weighted by Gasteiger charge is 2.18. The summed E-state index contributed by atoms with van der Waals surface area (Å²) in [6, 6.07) is 0. The quantitative estimate of drug-likeness (QED) is 0.121. The third kappa shape index (κ3) is 8.38. The van der Waals surface area contributed by atoms with Crippen LogP contribution < -0.4 is 45.0 Å². The number of nitrogen functional groups attached to an aromatic ring is 3. The van der Waals surface area contributed by atoms with E-state index in [2.05, 4.69) is 40.6 Å². The molecular formula is C18H22Cl2N14O4. The van der Waals surface area contributed by atoms with Crippen molar-refractivity contribution in [2.75, 3.05) is 29.1 Å². The second-order valence-electron chi connectivity index (χ2n) is 7.17.